The van der Waals surface area contributed by atoms with E-state index in [2.05, 4.69) is 0 Å². The maximum Gasteiger partial charge on any atom is 0.160 e. The maximum absolute atomic E-state index is 13.3. The first-order valence-corrected chi connectivity index (χ1v) is 6.46. The second-order valence-electron chi connectivity index (χ2n) is 4.16. The highest BCUT2D eigenvalue weighted by Gasteiger charge is 2.20. The van der Waals surface area contributed by atoms with Crippen LogP contribution >= 0.6 is 11.6 Å². The molecular weight excluding hydrogens is 286 g/mol. The monoisotopic (exact) mass is 298 g/mol. The van der Waals surface area contributed by atoms with Crippen molar-refractivity contribution in [2.75, 3.05) is 6.61 Å². The normalized spacial score (nSPS) is 12.2. The van der Waals surface area contributed by atoms with E-state index in [0.29, 0.717) is 17.9 Å². The molecule has 2 aromatic carbocycles. The van der Waals surface area contributed by atoms with Crippen LogP contribution in [0.3, 0.4) is 0 Å². The predicted molar refractivity (Wildman–Crippen MR) is 73.0 cm³/mol. The van der Waals surface area contributed by atoms with E-state index in [9.17, 15) is 13.9 Å². The van der Waals surface area contributed by atoms with Gasteiger partial charge in [0.1, 0.15) is 11.9 Å². The van der Waals surface area contributed by atoms with Crippen LogP contribution in [0.5, 0.6) is 5.75 Å². The van der Waals surface area contributed by atoms with Crippen molar-refractivity contribution in [3.05, 3.63) is 64.2 Å². The van der Waals surface area contributed by atoms with E-state index < -0.39 is 17.7 Å². The summed E-state index contributed by atoms with van der Waals surface area (Å²) in [5.41, 5.74) is 0.542. The van der Waals surface area contributed by atoms with Gasteiger partial charge in [-0.1, -0.05) is 29.8 Å². The summed E-state index contributed by atoms with van der Waals surface area (Å²) in [4.78, 5) is 0. The molecule has 0 radical (unpaired) electrons. The summed E-state index contributed by atoms with van der Waals surface area (Å²) in [6.07, 6.45) is -1.19. The minimum absolute atomic E-state index is 0.0392. The first-order valence-electron chi connectivity index (χ1n) is 6.08. The average molecular weight is 299 g/mol. The molecule has 0 amide bonds. The van der Waals surface area contributed by atoms with Gasteiger partial charge < -0.3 is 9.84 Å². The van der Waals surface area contributed by atoms with Crippen molar-refractivity contribution in [3.8, 4) is 5.75 Å². The van der Waals surface area contributed by atoms with Crippen molar-refractivity contribution in [1.29, 1.82) is 0 Å². The van der Waals surface area contributed by atoms with Gasteiger partial charge >= 0.3 is 0 Å². The summed E-state index contributed by atoms with van der Waals surface area (Å²) >= 11 is 5.87. The molecule has 0 aliphatic heterocycles. The van der Waals surface area contributed by atoms with Crippen LogP contribution in [-0.4, -0.2) is 11.7 Å². The van der Waals surface area contributed by atoms with E-state index in [1.807, 2.05) is 6.92 Å². The first kappa shape index (κ1) is 14.8. The largest absolute Gasteiger partial charge is 0.493 e. The Kier molecular flexibility index (Phi) is 4.57. The van der Waals surface area contributed by atoms with Crippen LogP contribution in [0.4, 0.5) is 8.78 Å². The molecule has 0 aliphatic carbocycles. The molecule has 0 saturated heterocycles. The maximum atomic E-state index is 13.3. The molecule has 5 heteroatoms. The molecule has 1 unspecified atom stereocenters. The van der Waals surface area contributed by atoms with Crippen molar-refractivity contribution in [1.82, 2.24) is 0 Å². The smallest absolute Gasteiger partial charge is 0.160 e. The lowest BCUT2D eigenvalue weighted by atomic mass is 10.0. The Morgan fingerprint density at radius 2 is 1.80 bits per heavy atom. The Morgan fingerprint density at radius 1 is 1.15 bits per heavy atom. The SMILES string of the molecule is CCOc1ccccc1C(O)c1cc(F)c(F)cc1Cl. The van der Waals surface area contributed by atoms with Gasteiger partial charge in [-0.25, -0.2) is 8.78 Å². The molecular formula is C15H13ClF2O2. The fraction of sp³-hybridized carbons (Fsp3) is 0.200. The van der Waals surface area contributed by atoms with Crippen molar-refractivity contribution >= 4 is 11.6 Å². The van der Waals surface area contributed by atoms with Gasteiger partial charge in [0.2, 0.25) is 0 Å². The van der Waals surface area contributed by atoms with Gasteiger partial charge in [-0.2, -0.15) is 0 Å². The third-order valence-electron chi connectivity index (χ3n) is 2.85. The van der Waals surface area contributed by atoms with E-state index in [1.54, 1.807) is 24.3 Å². The molecule has 0 saturated carbocycles. The van der Waals surface area contributed by atoms with Gasteiger partial charge in [-0.15, -0.1) is 0 Å². The predicted octanol–water partition coefficient (Wildman–Crippen LogP) is 4.10. The zero-order chi connectivity index (χ0) is 14.7. The third-order valence-corrected chi connectivity index (χ3v) is 3.17. The van der Waals surface area contributed by atoms with E-state index in [-0.39, 0.29) is 10.6 Å². The highest BCUT2D eigenvalue weighted by Crippen LogP contribution is 2.34. The molecule has 0 aromatic heterocycles. The molecule has 2 rings (SSSR count). The summed E-state index contributed by atoms with van der Waals surface area (Å²) in [6, 6.07) is 8.55. The third kappa shape index (κ3) is 2.92. The second-order valence-corrected chi connectivity index (χ2v) is 4.57. The Balaban J connectivity index is 2.46. The van der Waals surface area contributed by atoms with Crippen LogP contribution in [0.25, 0.3) is 0 Å². The highest BCUT2D eigenvalue weighted by atomic mass is 35.5. The van der Waals surface area contributed by atoms with Crippen LogP contribution in [0.15, 0.2) is 36.4 Å². The minimum Gasteiger partial charge on any atom is -0.493 e. The number of aliphatic hydroxyl groups is 1. The topological polar surface area (TPSA) is 29.5 Å². The summed E-state index contributed by atoms with van der Waals surface area (Å²) in [7, 11) is 0. The van der Waals surface area contributed by atoms with Crippen LogP contribution < -0.4 is 4.74 Å². The molecule has 1 N–H and O–H groups in total. The second kappa shape index (κ2) is 6.20. The highest BCUT2D eigenvalue weighted by molar-refractivity contribution is 6.31. The average Bonchev–Trinajstić information content (AvgIpc) is 2.43. The van der Waals surface area contributed by atoms with Gasteiger partial charge in [-0.05, 0) is 25.1 Å². The minimum atomic E-state index is -1.19. The molecule has 0 fully saturated rings. The van der Waals surface area contributed by atoms with Crippen molar-refractivity contribution < 1.29 is 18.6 Å². The molecule has 1 atom stereocenters. The zero-order valence-electron chi connectivity index (χ0n) is 10.7. The molecule has 20 heavy (non-hydrogen) atoms. The zero-order valence-corrected chi connectivity index (χ0v) is 11.5. The number of hydrogen-bond donors (Lipinski definition) is 1. The Labute approximate surface area is 120 Å². The fourth-order valence-corrected chi connectivity index (χ4v) is 2.16. The van der Waals surface area contributed by atoms with Crippen LogP contribution in [0.1, 0.15) is 24.2 Å². The van der Waals surface area contributed by atoms with Crippen LogP contribution in [0, 0.1) is 11.6 Å². The van der Waals surface area contributed by atoms with E-state index in [1.165, 1.54) is 0 Å². The van der Waals surface area contributed by atoms with Gasteiger partial charge in [0, 0.05) is 16.1 Å². The quantitative estimate of drug-likeness (QED) is 0.861. The number of halogens is 3. The van der Waals surface area contributed by atoms with Crippen molar-refractivity contribution in [2.45, 2.75) is 13.0 Å². The van der Waals surface area contributed by atoms with E-state index >= 15 is 0 Å². The standard InChI is InChI=1S/C15H13ClF2O2/c1-2-20-14-6-4-3-5-9(14)15(19)10-7-12(17)13(18)8-11(10)16/h3-8,15,19H,2H2,1H3. The number of para-hydroxylation sites is 1. The van der Waals surface area contributed by atoms with Crippen molar-refractivity contribution in [2.24, 2.45) is 0 Å². The molecule has 106 valence electrons. The fourth-order valence-electron chi connectivity index (χ4n) is 1.91. The molecule has 2 nitrogen and oxygen atoms in total. The summed E-state index contributed by atoms with van der Waals surface area (Å²) < 4.78 is 31.8. The van der Waals surface area contributed by atoms with E-state index in [4.69, 9.17) is 16.3 Å². The molecule has 0 heterocycles. The Hall–Kier alpha value is -1.65. The number of aliphatic hydroxyl groups excluding tert-OH is 1. The summed E-state index contributed by atoms with van der Waals surface area (Å²) in [6.45, 7) is 2.24. The van der Waals surface area contributed by atoms with Gasteiger partial charge in [0.05, 0.1) is 6.61 Å². The Bertz CT molecular complexity index is 617. The van der Waals surface area contributed by atoms with Gasteiger partial charge in [-0.3, -0.25) is 0 Å². The lowest BCUT2D eigenvalue weighted by Gasteiger charge is -2.17. The lowest BCUT2D eigenvalue weighted by molar-refractivity contribution is 0.211. The van der Waals surface area contributed by atoms with Crippen molar-refractivity contribution in [3.63, 3.8) is 0 Å². The number of rotatable bonds is 4. The van der Waals surface area contributed by atoms with Gasteiger partial charge in [0.15, 0.2) is 11.6 Å². The van der Waals surface area contributed by atoms with Crippen LogP contribution in [0.2, 0.25) is 5.02 Å². The molecule has 0 spiro atoms. The number of benzene rings is 2. The van der Waals surface area contributed by atoms with Crippen LogP contribution in [-0.2, 0) is 0 Å². The molecule has 2 aromatic rings. The Morgan fingerprint density at radius 3 is 2.50 bits per heavy atom. The van der Waals surface area contributed by atoms with E-state index in [0.717, 1.165) is 12.1 Å². The summed E-state index contributed by atoms with van der Waals surface area (Å²) in [5, 5.41) is 10.3. The first-order chi connectivity index (χ1) is 9.54. The lowest BCUT2D eigenvalue weighted by Crippen LogP contribution is -2.05. The number of ether oxygens (including phenoxy) is 1. The summed E-state index contributed by atoms with van der Waals surface area (Å²) in [5.74, 6) is -1.63. The van der Waals surface area contributed by atoms with Gasteiger partial charge in [0.25, 0.3) is 0 Å². The molecule has 0 aliphatic rings. The molecule has 0 bridgehead atoms. The number of hydrogen-bond acceptors (Lipinski definition) is 2.